The van der Waals surface area contributed by atoms with Crippen molar-refractivity contribution in [2.75, 3.05) is 0 Å². The fourth-order valence-electron chi connectivity index (χ4n) is 0.682. The maximum Gasteiger partial charge on any atom is 0.139 e. The average molecular weight is 100 g/mol. The minimum absolute atomic E-state index is 0.171. The lowest BCUT2D eigenvalue weighted by atomic mass is 9.86. The molecule has 0 aliphatic heterocycles. The fraction of sp³-hybridized carbons (Fsp3) is 0.750. The highest BCUT2D eigenvalue weighted by Gasteiger charge is 2.35. The van der Waals surface area contributed by atoms with Crippen LogP contribution in [-0.4, -0.2) is 11.4 Å². The van der Waals surface area contributed by atoms with Crippen LogP contribution in [0.3, 0.4) is 0 Å². The van der Waals surface area contributed by atoms with Crippen molar-refractivity contribution in [1.29, 1.82) is 0 Å². The molecule has 0 aromatic rings. The first kappa shape index (κ1) is 4.74. The van der Waals surface area contributed by atoms with E-state index in [0.29, 0.717) is 12.8 Å². The molecular formula is C4H8N2O. The number of nitrogens with two attached hydrogens (primary N) is 2. The molecule has 1 aliphatic carbocycles. The van der Waals surface area contributed by atoms with Crippen LogP contribution in [0.4, 0.5) is 0 Å². The third kappa shape index (κ3) is 0.783. The van der Waals surface area contributed by atoms with E-state index in [4.69, 9.17) is 11.5 Å². The number of hydrogen-bond donors (Lipinski definition) is 2. The monoisotopic (exact) mass is 100 g/mol. The third-order valence-electron chi connectivity index (χ3n) is 1.05. The molecule has 1 rings (SSSR count). The molecule has 0 bridgehead atoms. The zero-order valence-electron chi connectivity index (χ0n) is 3.98. The summed E-state index contributed by atoms with van der Waals surface area (Å²) in [4.78, 5) is 10.2. The van der Waals surface area contributed by atoms with Crippen molar-refractivity contribution in [1.82, 2.24) is 0 Å². The van der Waals surface area contributed by atoms with Crippen molar-refractivity contribution in [3.8, 4) is 0 Å². The van der Waals surface area contributed by atoms with Gasteiger partial charge in [0.1, 0.15) is 5.78 Å². The molecule has 3 heteroatoms. The van der Waals surface area contributed by atoms with Crippen LogP contribution >= 0.6 is 0 Å². The number of ketones is 1. The molecule has 0 unspecified atom stereocenters. The summed E-state index contributed by atoms with van der Waals surface area (Å²) < 4.78 is 0. The summed E-state index contributed by atoms with van der Waals surface area (Å²) in [6, 6.07) is 0. The third-order valence-corrected chi connectivity index (χ3v) is 1.05. The van der Waals surface area contributed by atoms with Gasteiger partial charge in [0.25, 0.3) is 0 Å². The Bertz CT molecular complexity index is 98.3. The lowest BCUT2D eigenvalue weighted by molar-refractivity contribution is -0.127. The molecule has 40 valence electrons. The Morgan fingerprint density at radius 2 is 1.86 bits per heavy atom. The lowest BCUT2D eigenvalue weighted by Gasteiger charge is -2.31. The Balaban J connectivity index is 2.43. The van der Waals surface area contributed by atoms with Gasteiger partial charge in [0.2, 0.25) is 0 Å². The minimum atomic E-state index is -0.656. The molecule has 0 saturated heterocycles. The van der Waals surface area contributed by atoms with Gasteiger partial charge >= 0.3 is 0 Å². The minimum Gasteiger partial charge on any atom is -0.313 e. The molecule has 7 heavy (non-hydrogen) atoms. The Kier molecular flexibility index (Phi) is 0.711. The molecular weight excluding hydrogens is 92.1 g/mol. The van der Waals surface area contributed by atoms with Crippen molar-refractivity contribution in [3.63, 3.8) is 0 Å². The van der Waals surface area contributed by atoms with Gasteiger partial charge in [0.05, 0.1) is 5.66 Å². The molecule has 0 atom stereocenters. The second kappa shape index (κ2) is 1.05. The summed E-state index contributed by atoms with van der Waals surface area (Å²) in [6.07, 6.45) is 0.708. The molecule has 0 radical (unpaired) electrons. The summed E-state index contributed by atoms with van der Waals surface area (Å²) in [6.45, 7) is 0. The number of rotatable bonds is 0. The molecule has 1 fully saturated rings. The van der Waals surface area contributed by atoms with Gasteiger partial charge in [-0.1, -0.05) is 0 Å². The van der Waals surface area contributed by atoms with E-state index in [-0.39, 0.29) is 5.78 Å². The van der Waals surface area contributed by atoms with Gasteiger partial charge in [0.15, 0.2) is 0 Å². The van der Waals surface area contributed by atoms with Crippen LogP contribution in [0.1, 0.15) is 12.8 Å². The predicted molar refractivity (Wildman–Crippen MR) is 25.3 cm³/mol. The quantitative estimate of drug-likeness (QED) is 0.382. The van der Waals surface area contributed by atoms with Gasteiger partial charge in [-0.15, -0.1) is 0 Å². The van der Waals surface area contributed by atoms with Gasteiger partial charge in [-0.25, -0.2) is 0 Å². The van der Waals surface area contributed by atoms with Crippen molar-refractivity contribution >= 4 is 5.78 Å². The molecule has 4 N–H and O–H groups in total. The summed E-state index contributed by atoms with van der Waals surface area (Å²) >= 11 is 0. The molecule has 0 amide bonds. The molecule has 0 heterocycles. The highest BCUT2D eigenvalue weighted by atomic mass is 16.1. The van der Waals surface area contributed by atoms with Crippen LogP contribution in [0, 0.1) is 0 Å². The SMILES string of the molecule is NC1(N)CC(=O)C1. The summed E-state index contributed by atoms with van der Waals surface area (Å²) in [5.74, 6) is 0.171. The highest BCUT2D eigenvalue weighted by Crippen LogP contribution is 2.18. The molecule has 0 aromatic heterocycles. The van der Waals surface area contributed by atoms with Crippen LogP contribution in [-0.2, 0) is 4.79 Å². The molecule has 0 spiro atoms. The highest BCUT2D eigenvalue weighted by molar-refractivity contribution is 5.87. The predicted octanol–water partition coefficient (Wildman–Crippen LogP) is -1.04. The van der Waals surface area contributed by atoms with Gasteiger partial charge < -0.3 is 11.5 Å². The van der Waals surface area contributed by atoms with Crippen molar-refractivity contribution in [2.24, 2.45) is 11.5 Å². The normalized spacial score (nSPS) is 26.9. The van der Waals surface area contributed by atoms with E-state index in [9.17, 15) is 4.79 Å². The van der Waals surface area contributed by atoms with E-state index in [1.807, 2.05) is 0 Å². The van der Waals surface area contributed by atoms with Crippen LogP contribution in [0.15, 0.2) is 0 Å². The summed E-state index contributed by atoms with van der Waals surface area (Å²) in [5, 5.41) is 0. The number of hydrogen-bond acceptors (Lipinski definition) is 3. The molecule has 3 nitrogen and oxygen atoms in total. The first-order valence-electron chi connectivity index (χ1n) is 2.20. The van der Waals surface area contributed by atoms with E-state index >= 15 is 0 Å². The Hall–Kier alpha value is -0.410. The van der Waals surface area contributed by atoms with Crippen molar-refractivity contribution in [3.05, 3.63) is 0 Å². The lowest BCUT2D eigenvalue weighted by Crippen LogP contribution is -2.59. The zero-order valence-corrected chi connectivity index (χ0v) is 3.98. The van der Waals surface area contributed by atoms with E-state index < -0.39 is 5.66 Å². The van der Waals surface area contributed by atoms with Gasteiger partial charge in [0, 0.05) is 12.8 Å². The first-order chi connectivity index (χ1) is 3.10. The number of carbonyl (C=O) groups excluding carboxylic acids is 1. The van der Waals surface area contributed by atoms with E-state index in [0.717, 1.165) is 0 Å². The standard InChI is InChI=1S/C4H8N2O/c5-4(6)1-3(7)2-4/h1-2,5-6H2. The van der Waals surface area contributed by atoms with Gasteiger partial charge in [-0.05, 0) is 0 Å². The van der Waals surface area contributed by atoms with Crippen molar-refractivity contribution < 1.29 is 4.79 Å². The largest absolute Gasteiger partial charge is 0.313 e. The number of carbonyl (C=O) groups is 1. The molecule has 1 aliphatic rings. The van der Waals surface area contributed by atoms with Crippen molar-refractivity contribution in [2.45, 2.75) is 18.5 Å². The zero-order chi connectivity index (χ0) is 5.49. The molecule has 0 aromatic carbocycles. The average Bonchev–Trinajstić information content (AvgIpc) is 1.27. The van der Waals surface area contributed by atoms with Gasteiger partial charge in [-0.3, -0.25) is 4.79 Å². The van der Waals surface area contributed by atoms with Crippen LogP contribution in [0.25, 0.3) is 0 Å². The smallest absolute Gasteiger partial charge is 0.139 e. The maximum atomic E-state index is 10.2. The Labute approximate surface area is 41.7 Å². The van der Waals surface area contributed by atoms with Gasteiger partial charge in [-0.2, -0.15) is 0 Å². The fourth-order valence-corrected chi connectivity index (χ4v) is 0.682. The first-order valence-corrected chi connectivity index (χ1v) is 2.20. The number of Topliss-reactive ketones (excluding diaryl/α,β-unsaturated/α-hetero) is 1. The maximum absolute atomic E-state index is 10.2. The topological polar surface area (TPSA) is 69.1 Å². The second-order valence-electron chi connectivity index (χ2n) is 2.13. The molecule has 1 saturated carbocycles. The Morgan fingerprint density at radius 1 is 1.43 bits per heavy atom. The van der Waals surface area contributed by atoms with Crippen LogP contribution in [0.2, 0.25) is 0 Å². The van der Waals surface area contributed by atoms with E-state index in [1.54, 1.807) is 0 Å². The summed E-state index contributed by atoms with van der Waals surface area (Å²) in [7, 11) is 0. The van der Waals surface area contributed by atoms with E-state index in [1.165, 1.54) is 0 Å². The Morgan fingerprint density at radius 3 is 1.86 bits per heavy atom. The van der Waals surface area contributed by atoms with Crippen LogP contribution < -0.4 is 11.5 Å². The summed E-state index contributed by atoms with van der Waals surface area (Å²) in [5.41, 5.74) is 9.88. The van der Waals surface area contributed by atoms with Crippen LogP contribution in [0.5, 0.6) is 0 Å². The second-order valence-corrected chi connectivity index (χ2v) is 2.13. The van der Waals surface area contributed by atoms with E-state index in [2.05, 4.69) is 0 Å².